The lowest BCUT2D eigenvalue weighted by atomic mass is 9.85. The maximum Gasteiger partial charge on any atom is 0.254 e. The van der Waals surface area contributed by atoms with Crippen LogP contribution in [-0.2, 0) is 5.41 Å². The van der Waals surface area contributed by atoms with Crippen LogP contribution in [0.3, 0.4) is 0 Å². The Balaban J connectivity index is 1.36. The minimum Gasteiger partial charge on any atom is -0.495 e. The summed E-state index contributed by atoms with van der Waals surface area (Å²) >= 11 is 0. The van der Waals surface area contributed by atoms with Crippen LogP contribution in [0, 0.1) is 0 Å². The molecule has 2 aliphatic heterocycles. The van der Waals surface area contributed by atoms with E-state index in [0.717, 1.165) is 30.0 Å². The van der Waals surface area contributed by atoms with Gasteiger partial charge in [0.25, 0.3) is 5.91 Å². The number of piperazine rings is 1. The minimum atomic E-state index is -0.386. The molecule has 0 spiro atoms. The highest BCUT2D eigenvalue weighted by Crippen LogP contribution is 2.37. The molecule has 3 N–H and O–H groups in total. The van der Waals surface area contributed by atoms with Gasteiger partial charge in [0.2, 0.25) is 5.95 Å². The normalized spacial score (nSPS) is 19.5. The Labute approximate surface area is 210 Å². The Morgan fingerprint density at radius 2 is 2.00 bits per heavy atom. The quantitative estimate of drug-likeness (QED) is 0.480. The largest absolute Gasteiger partial charge is 0.495 e. The molecule has 10 nitrogen and oxygen atoms in total. The molecular weight excluding hydrogens is 458 g/mol. The SMILES string of the molecule is COc1cc(C(=O)N2CCN(C)CC2)ccc1Nc1nccc(-c2cnc3c(c2)C(C)(CO)CN3)n1. The molecule has 0 radical (unpaired) electrons. The smallest absolute Gasteiger partial charge is 0.254 e. The number of nitrogens with one attached hydrogen (secondary N) is 2. The molecule has 1 unspecified atom stereocenters. The number of aliphatic hydroxyl groups excluding tert-OH is 1. The number of aliphatic hydroxyl groups is 1. The molecule has 188 valence electrons. The molecule has 10 heteroatoms. The number of rotatable bonds is 6. The third-order valence-corrected chi connectivity index (χ3v) is 6.97. The van der Waals surface area contributed by atoms with Crippen molar-refractivity contribution in [2.75, 3.05) is 64.1 Å². The van der Waals surface area contributed by atoms with Crippen molar-refractivity contribution in [2.45, 2.75) is 12.3 Å². The van der Waals surface area contributed by atoms with Gasteiger partial charge < -0.3 is 30.3 Å². The first kappa shape index (κ1) is 24.0. The van der Waals surface area contributed by atoms with Gasteiger partial charge in [-0.25, -0.2) is 15.0 Å². The van der Waals surface area contributed by atoms with Crippen LogP contribution in [0.5, 0.6) is 5.75 Å². The number of nitrogens with zero attached hydrogens (tertiary/aromatic N) is 5. The molecule has 0 aliphatic carbocycles. The Morgan fingerprint density at radius 1 is 1.19 bits per heavy atom. The van der Waals surface area contributed by atoms with Crippen LogP contribution in [-0.4, -0.2) is 89.3 Å². The third-order valence-electron chi connectivity index (χ3n) is 6.97. The van der Waals surface area contributed by atoms with Gasteiger partial charge in [-0.15, -0.1) is 0 Å². The van der Waals surface area contributed by atoms with Crippen LogP contribution < -0.4 is 15.4 Å². The van der Waals surface area contributed by atoms with Crippen molar-refractivity contribution in [3.63, 3.8) is 0 Å². The maximum atomic E-state index is 13.0. The van der Waals surface area contributed by atoms with Crippen molar-refractivity contribution in [2.24, 2.45) is 0 Å². The van der Waals surface area contributed by atoms with Crippen molar-refractivity contribution in [3.05, 3.63) is 53.9 Å². The van der Waals surface area contributed by atoms with Crippen LogP contribution in [0.15, 0.2) is 42.7 Å². The molecule has 5 rings (SSSR count). The van der Waals surface area contributed by atoms with Crippen LogP contribution >= 0.6 is 0 Å². The van der Waals surface area contributed by atoms with Crippen molar-refractivity contribution < 1.29 is 14.6 Å². The van der Waals surface area contributed by atoms with E-state index in [1.54, 1.807) is 31.6 Å². The first-order valence-corrected chi connectivity index (χ1v) is 12.0. The number of methoxy groups -OCH3 is 1. The van der Waals surface area contributed by atoms with Crippen molar-refractivity contribution in [1.29, 1.82) is 0 Å². The zero-order valence-electron chi connectivity index (χ0n) is 20.8. The van der Waals surface area contributed by atoms with E-state index in [4.69, 9.17) is 4.74 Å². The van der Waals surface area contributed by atoms with Gasteiger partial charge in [0.05, 0.1) is 25.1 Å². The topological polar surface area (TPSA) is 116 Å². The monoisotopic (exact) mass is 489 g/mol. The average molecular weight is 490 g/mol. The molecule has 2 aliphatic rings. The fourth-order valence-corrected chi connectivity index (χ4v) is 4.54. The maximum absolute atomic E-state index is 13.0. The molecule has 1 fully saturated rings. The summed E-state index contributed by atoms with van der Waals surface area (Å²) < 4.78 is 5.58. The van der Waals surface area contributed by atoms with E-state index >= 15 is 0 Å². The molecule has 0 saturated carbocycles. The molecule has 3 aromatic rings. The second-order valence-electron chi connectivity index (χ2n) is 9.59. The van der Waals surface area contributed by atoms with Gasteiger partial charge in [0.15, 0.2) is 0 Å². The van der Waals surface area contributed by atoms with Gasteiger partial charge in [-0.1, -0.05) is 6.92 Å². The summed E-state index contributed by atoms with van der Waals surface area (Å²) in [6.07, 6.45) is 3.44. The van der Waals surface area contributed by atoms with Crippen molar-refractivity contribution in [3.8, 4) is 17.0 Å². The fraction of sp³-hybridized carbons (Fsp3) is 0.385. The molecule has 1 atom stereocenters. The molecule has 36 heavy (non-hydrogen) atoms. The van der Waals surface area contributed by atoms with E-state index in [1.807, 2.05) is 30.0 Å². The Hall–Kier alpha value is -3.76. The highest BCUT2D eigenvalue weighted by atomic mass is 16.5. The predicted molar refractivity (Wildman–Crippen MR) is 138 cm³/mol. The number of anilines is 3. The number of hydrogen-bond acceptors (Lipinski definition) is 9. The average Bonchev–Trinajstić information content (AvgIpc) is 3.25. The van der Waals surface area contributed by atoms with Crippen molar-refractivity contribution in [1.82, 2.24) is 24.8 Å². The summed E-state index contributed by atoms with van der Waals surface area (Å²) in [6.45, 7) is 5.83. The number of aromatic nitrogens is 3. The van der Waals surface area contributed by atoms with Gasteiger partial charge in [0, 0.05) is 67.2 Å². The highest BCUT2D eigenvalue weighted by molar-refractivity contribution is 5.95. The van der Waals surface area contributed by atoms with E-state index in [0.29, 0.717) is 48.3 Å². The Bertz CT molecular complexity index is 1280. The molecular formula is C26H31N7O3. The highest BCUT2D eigenvalue weighted by Gasteiger charge is 2.35. The zero-order valence-corrected chi connectivity index (χ0v) is 20.8. The van der Waals surface area contributed by atoms with Crippen LogP contribution in [0.25, 0.3) is 11.3 Å². The van der Waals surface area contributed by atoms with Gasteiger partial charge in [0.1, 0.15) is 11.6 Å². The van der Waals surface area contributed by atoms with E-state index in [-0.39, 0.29) is 17.9 Å². The van der Waals surface area contributed by atoms with Crippen LogP contribution in [0.1, 0.15) is 22.8 Å². The van der Waals surface area contributed by atoms with E-state index in [9.17, 15) is 9.90 Å². The first-order valence-electron chi connectivity index (χ1n) is 12.0. The molecule has 1 aromatic carbocycles. The number of carbonyl (C=O) groups is 1. The number of benzene rings is 1. The van der Waals surface area contributed by atoms with Gasteiger partial charge in [-0.3, -0.25) is 4.79 Å². The third kappa shape index (κ3) is 4.57. The van der Waals surface area contributed by atoms with Gasteiger partial charge >= 0.3 is 0 Å². The number of amides is 1. The molecule has 0 bridgehead atoms. The van der Waals surface area contributed by atoms with Crippen LogP contribution in [0.2, 0.25) is 0 Å². The summed E-state index contributed by atoms with van der Waals surface area (Å²) in [6, 6.07) is 9.20. The fourth-order valence-electron chi connectivity index (χ4n) is 4.54. The van der Waals surface area contributed by atoms with E-state index in [1.165, 1.54) is 0 Å². The Kier molecular flexibility index (Phi) is 6.46. The minimum absolute atomic E-state index is 0.000300. The predicted octanol–water partition coefficient (Wildman–Crippen LogP) is 2.35. The summed E-state index contributed by atoms with van der Waals surface area (Å²) in [7, 11) is 3.64. The number of fused-ring (bicyclic) bond motifs is 1. The molecule has 4 heterocycles. The lowest BCUT2D eigenvalue weighted by Crippen LogP contribution is -2.47. The molecule has 1 saturated heterocycles. The Morgan fingerprint density at radius 3 is 2.75 bits per heavy atom. The standard InChI is InChI=1S/C26H31N7O3/c1-26(16-34)15-29-23-19(26)12-18(14-28-23)20-6-7-27-25(30-20)31-21-5-4-17(13-22(21)36-3)24(35)33-10-8-32(2)9-11-33/h4-7,12-14,34H,8-11,15-16H2,1-3H3,(H,28,29)(H,27,30,31). The summed E-state index contributed by atoms with van der Waals surface area (Å²) in [5.74, 6) is 1.72. The summed E-state index contributed by atoms with van der Waals surface area (Å²) in [5.41, 5.74) is 3.37. The molecule has 2 aromatic heterocycles. The van der Waals surface area contributed by atoms with E-state index < -0.39 is 0 Å². The summed E-state index contributed by atoms with van der Waals surface area (Å²) in [5, 5.41) is 16.4. The first-order chi connectivity index (χ1) is 17.4. The van der Waals surface area contributed by atoms with Gasteiger partial charge in [-0.2, -0.15) is 0 Å². The second-order valence-corrected chi connectivity index (χ2v) is 9.59. The zero-order chi connectivity index (χ0) is 25.3. The second kappa shape index (κ2) is 9.71. The van der Waals surface area contributed by atoms with Gasteiger partial charge in [-0.05, 0) is 37.4 Å². The van der Waals surface area contributed by atoms with E-state index in [2.05, 4.69) is 37.5 Å². The van der Waals surface area contributed by atoms with Crippen LogP contribution in [0.4, 0.5) is 17.5 Å². The van der Waals surface area contributed by atoms with Crippen molar-refractivity contribution >= 4 is 23.4 Å². The number of likely N-dealkylation sites (N-methyl/N-ethyl adjacent to an activating group) is 1. The lowest BCUT2D eigenvalue weighted by Gasteiger charge is -2.32. The number of hydrogen-bond donors (Lipinski definition) is 3. The number of carbonyl (C=O) groups excluding carboxylic acids is 1. The number of pyridine rings is 1. The number of ether oxygens (including phenoxy) is 1. The lowest BCUT2D eigenvalue weighted by molar-refractivity contribution is 0.0664. The molecule has 1 amide bonds. The summed E-state index contributed by atoms with van der Waals surface area (Å²) in [4.78, 5) is 30.6.